The van der Waals surface area contributed by atoms with Gasteiger partial charge in [0.15, 0.2) is 34.7 Å². The van der Waals surface area contributed by atoms with E-state index in [9.17, 15) is 63.0 Å². The first-order valence-corrected chi connectivity index (χ1v) is 42.3. The first-order valence-electron chi connectivity index (χ1n) is 44.9. The predicted octanol–water partition coefficient (Wildman–Crippen LogP) is 20.0. The molecule has 0 saturated heterocycles. The number of Topliss-reactive ketones (excluding diaryl/α,β-unsaturated/α-hetero) is 6. The maximum absolute atomic E-state index is 13.7. The van der Waals surface area contributed by atoms with Gasteiger partial charge in [-0.2, -0.15) is 0 Å². The van der Waals surface area contributed by atoms with Crippen molar-refractivity contribution in [2.24, 2.45) is 0 Å². The van der Waals surface area contributed by atoms with Gasteiger partial charge in [0.2, 0.25) is 11.8 Å². The van der Waals surface area contributed by atoms with Crippen LogP contribution in [0.2, 0.25) is 20.1 Å². The van der Waals surface area contributed by atoms with Crippen LogP contribution in [0.1, 0.15) is 176 Å². The van der Waals surface area contributed by atoms with E-state index in [1.807, 2.05) is 32.9 Å². The molecule has 4 aromatic heterocycles. The van der Waals surface area contributed by atoms with Gasteiger partial charge in [-0.25, -0.2) is 19.6 Å². The van der Waals surface area contributed by atoms with Gasteiger partial charge in [0.1, 0.15) is 33.9 Å². The van der Waals surface area contributed by atoms with Crippen LogP contribution in [0.4, 0.5) is 0 Å². The van der Waals surface area contributed by atoms with Crippen molar-refractivity contribution >= 4 is 143 Å². The number of ketones is 6. The molecule has 26 nitrogen and oxygen atoms in total. The molecule has 0 aliphatic carbocycles. The molecule has 12 rings (SSSR count). The Bertz CT molecular complexity index is 6470. The third-order valence-electron chi connectivity index (χ3n) is 18.8. The lowest BCUT2D eigenvalue weighted by atomic mass is 9.80. The van der Waals surface area contributed by atoms with Crippen LogP contribution in [0.3, 0.4) is 0 Å². The number of alkyl halides is 1. The topological polar surface area (TPSA) is 369 Å². The number of ether oxygens (including phenoxy) is 7. The fourth-order valence-electron chi connectivity index (χ4n) is 12.7. The molecular formula is C100H101BBr2Cl4N4O22. The van der Waals surface area contributed by atoms with Crippen molar-refractivity contribution in [1.82, 2.24) is 19.1 Å². The van der Waals surface area contributed by atoms with Gasteiger partial charge in [0.25, 0.3) is 11.1 Å². The highest BCUT2D eigenvalue weighted by Gasteiger charge is 2.29. The number of esters is 1. The highest BCUT2D eigenvalue weighted by molar-refractivity contribution is 9.10. The standard InChI is InChI=1S/2C31H26ClNO6.C15H14ClNO3.C8H6BrClO.C7H10BNO4.C6H11BrO2.2CH4/c2*1-19(34)24-13-12-23(32)16-25(24)26-17-30(36)33(18-29(26)39-2)27(14-20-6-4-3-5-7-20)28(35)15-21-8-10-22(11-9-21)31(37)38;1-9(18)11-5-4-10(16)6-12(11)13-7-15(20-3)17-8-14(13)19-2;1-5(11)7-3-2-6(10)4-8(7)9;1-12-6-4-9-7(13-2)3-5(6)8(10)11;1-6(2,3)9-5(8)4-7;;/h2*3-13,16-18,27H,14-15H2,1-2H3,(H,37,38);4-8H,1-3H3;2-4H,1H3;3-4,10-11H,1-2H3;4H2,1-3H3;2*1H4/t2*27-;;;;;;/m10....../s1/i3*2D3;;1D3;;;. The minimum Gasteiger partial charge on any atom is -0.495 e. The van der Waals surface area contributed by atoms with E-state index in [1.54, 1.807) is 84.9 Å². The van der Waals surface area contributed by atoms with Crippen molar-refractivity contribution in [3.05, 3.63) is 332 Å². The van der Waals surface area contributed by atoms with Gasteiger partial charge in [-0.15, -0.1) is 0 Å². The highest BCUT2D eigenvalue weighted by atomic mass is 79.9. The van der Waals surface area contributed by atoms with Crippen LogP contribution in [0.15, 0.2) is 245 Å². The second kappa shape index (κ2) is 53.1. The highest BCUT2D eigenvalue weighted by Crippen LogP contribution is 2.39. The maximum atomic E-state index is 13.7. The third kappa shape index (κ3) is 32.6. The number of carbonyl (C=O) groups excluding carboxylic acids is 7. The first kappa shape index (κ1) is 92.2. The van der Waals surface area contributed by atoms with Gasteiger partial charge in [-0.3, -0.25) is 43.2 Å². The lowest BCUT2D eigenvalue weighted by molar-refractivity contribution is -0.151. The number of benzene rings is 8. The molecular weight excluding hydrogens is 1920 g/mol. The molecule has 0 amide bonds. The van der Waals surface area contributed by atoms with E-state index in [4.69, 9.17) is 101 Å². The van der Waals surface area contributed by atoms with Crippen LogP contribution in [-0.2, 0) is 44.8 Å². The monoisotopic (exact) mass is 2030 g/mol. The molecule has 0 saturated carbocycles. The average molecular weight is 2040 g/mol. The van der Waals surface area contributed by atoms with Crippen LogP contribution in [0, 0.1) is 0 Å². The molecule has 0 aliphatic heterocycles. The van der Waals surface area contributed by atoms with Gasteiger partial charge in [-0.1, -0.05) is 162 Å². The van der Waals surface area contributed by atoms with Crippen LogP contribution < -0.4 is 45.0 Å². The number of hydrogen-bond acceptors (Lipinski definition) is 22. The molecule has 4 N–H and O–H groups in total. The number of hydrogen-bond donors (Lipinski definition) is 4. The molecule has 0 spiro atoms. The third-order valence-corrected chi connectivity index (χ3v) is 20.9. The van der Waals surface area contributed by atoms with Gasteiger partial charge in [0.05, 0.1) is 107 Å². The van der Waals surface area contributed by atoms with E-state index < -0.39 is 70.4 Å². The van der Waals surface area contributed by atoms with E-state index in [0.29, 0.717) is 43.4 Å². The summed E-state index contributed by atoms with van der Waals surface area (Å²) in [5, 5.41) is 38.2. The second-order valence-electron chi connectivity index (χ2n) is 29.2. The number of carbonyl (C=O) groups is 9. The van der Waals surface area contributed by atoms with Crippen LogP contribution >= 0.6 is 78.3 Å². The Hall–Kier alpha value is -12.7. The zero-order chi connectivity index (χ0) is 107. The Balaban J connectivity index is 0.000000332. The molecule has 4 heterocycles. The van der Waals surface area contributed by atoms with Crippen LogP contribution in [0.25, 0.3) is 33.4 Å². The Kier molecular flexibility index (Phi) is 36.8. The van der Waals surface area contributed by atoms with E-state index in [-0.39, 0.29) is 187 Å². The van der Waals surface area contributed by atoms with E-state index in [0.717, 1.165) is 43.1 Å². The molecule has 8 aromatic carbocycles. The van der Waals surface area contributed by atoms with Crippen LogP contribution in [-0.4, -0.2) is 152 Å². The van der Waals surface area contributed by atoms with Crippen molar-refractivity contribution in [2.75, 3.05) is 47.7 Å². The minimum absolute atomic E-state index is 0. The maximum Gasteiger partial charge on any atom is 0.492 e. The van der Waals surface area contributed by atoms with Crippen molar-refractivity contribution in [3.63, 3.8) is 0 Å². The molecule has 0 fully saturated rings. The molecule has 12 aromatic rings. The van der Waals surface area contributed by atoms with Crippen molar-refractivity contribution in [1.29, 1.82) is 0 Å². The van der Waals surface area contributed by atoms with E-state index in [1.165, 1.54) is 158 Å². The average Bonchev–Trinajstić information content (AvgIpc) is 0.771. The predicted molar refractivity (Wildman–Crippen MR) is 525 cm³/mol. The Labute approximate surface area is 825 Å². The quantitative estimate of drug-likeness (QED) is 0.0146. The summed E-state index contributed by atoms with van der Waals surface area (Å²) in [6, 6.07) is 51.1. The fraction of sp³-hybridized carbons (Fsp3) is 0.230. The molecule has 2 atom stereocenters. The Morgan fingerprint density at radius 3 is 1.10 bits per heavy atom. The van der Waals surface area contributed by atoms with Crippen molar-refractivity contribution < 1.29 is 113 Å². The van der Waals surface area contributed by atoms with E-state index in [2.05, 4.69) is 46.6 Å². The number of nitrogens with zero attached hydrogens (tertiary/aromatic N) is 4. The lowest BCUT2D eigenvalue weighted by Gasteiger charge is -2.21. The fourth-order valence-corrected chi connectivity index (χ4v) is 14.2. The summed E-state index contributed by atoms with van der Waals surface area (Å²) >= 11 is 30.3. The summed E-state index contributed by atoms with van der Waals surface area (Å²) in [5.41, 5.74) is 3.73. The van der Waals surface area contributed by atoms with E-state index >= 15 is 0 Å². The molecule has 0 bridgehead atoms. The van der Waals surface area contributed by atoms with Crippen LogP contribution in [0.5, 0.6) is 34.8 Å². The number of methoxy groups -OCH3 is 6. The molecule has 133 heavy (non-hydrogen) atoms. The number of pyridine rings is 4. The lowest BCUT2D eigenvalue weighted by Crippen LogP contribution is -2.32. The SMILES string of the molecule is C.C.CC(=O)c1ccc(Cl)cc1Br.CC(C)(C)OC(=O)CBr.[2H]C([2H])([2H])Oc1cn([C@@H](Cc2ccccc2)C(=O)Cc2ccc(C(=O)O)cc2)c(=O)cc1-c1cc(Cl)ccc1C(C)=O.[2H]C([2H])([2H])Oc1cn([C@H](Cc2ccccc2)C(=O)Cc2ccc(C(=O)O)cc2)c(=O)cc1-c1cc(Cl)ccc1C(C)=O.[2H]C([2H])([2H])Oc1cnc(OC)cc1-c1cc(Cl)ccc1C(C)=O.[2H]C([2H])([2H])Oc1cnc(OC)cc1B(O)O. The molecule has 0 aliphatic rings. The first-order chi connectivity index (χ1) is 66.7. The Morgan fingerprint density at radius 1 is 0.436 bits per heavy atom. The van der Waals surface area contributed by atoms with Crippen molar-refractivity contribution in [2.45, 2.75) is 107 Å². The van der Waals surface area contributed by atoms with Crippen molar-refractivity contribution in [3.8, 4) is 68.1 Å². The zero-order valence-corrected chi connectivity index (χ0v) is 77.6. The molecule has 33 heteroatoms. The Morgan fingerprint density at radius 2 is 0.774 bits per heavy atom. The zero-order valence-electron chi connectivity index (χ0n) is 83.4. The van der Waals surface area contributed by atoms with Gasteiger partial charge in [0, 0.05) is 119 Å². The largest absolute Gasteiger partial charge is 0.495 e. The number of aromatic nitrogens is 4. The summed E-state index contributed by atoms with van der Waals surface area (Å²) in [5.74, 6) is -4.30. The number of carboxylic acid groups (broad SMARTS) is 2. The number of carboxylic acids is 2. The normalized spacial score (nSPS) is 12.5. The summed E-state index contributed by atoms with van der Waals surface area (Å²) in [7, 11) is -10.3. The minimum atomic E-state index is -2.92. The summed E-state index contributed by atoms with van der Waals surface area (Å²) in [6.45, 7) is 11.1. The smallest absolute Gasteiger partial charge is 0.492 e. The summed E-state index contributed by atoms with van der Waals surface area (Å²) < 4.78 is 127. The molecule has 0 radical (unpaired) electrons. The number of rotatable bonds is 29. The number of aromatic carboxylic acids is 2. The van der Waals surface area contributed by atoms with Gasteiger partial charge in [-0.05, 0) is 200 Å². The molecule has 0 unspecified atom stereocenters. The number of halogens is 6. The van der Waals surface area contributed by atoms with Gasteiger partial charge >= 0.3 is 25.0 Å². The molecule has 698 valence electrons. The van der Waals surface area contributed by atoms with Gasteiger partial charge < -0.3 is 62.6 Å². The summed E-state index contributed by atoms with van der Waals surface area (Å²) in [4.78, 5) is 143. The second-order valence-corrected chi connectivity index (χ2v) is 32.4. The summed E-state index contributed by atoms with van der Waals surface area (Å²) in [6.07, 6.45) is 4.62.